The molecule has 23 heavy (non-hydrogen) atoms. The highest BCUT2D eigenvalue weighted by atomic mass is 79.9. The number of hydrogen-bond donors (Lipinski definition) is 1. The van der Waals surface area contributed by atoms with Gasteiger partial charge in [0.05, 0.1) is 5.69 Å². The minimum atomic E-state index is -0.0969. The Kier molecular flexibility index (Phi) is 4.83. The van der Waals surface area contributed by atoms with E-state index >= 15 is 0 Å². The van der Waals surface area contributed by atoms with Gasteiger partial charge in [0, 0.05) is 28.3 Å². The molecular formula is C19H15BrN2O. The lowest BCUT2D eigenvalue weighted by molar-refractivity contribution is 0.0951. The zero-order chi connectivity index (χ0) is 16.1. The van der Waals surface area contributed by atoms with Crippen LogP contribution in [0.5, 0.6) is 0 Å². The van der Waals surface area contributed by atoms with Gasteiger partial charge < -0.3 is 5.32 Å². The van der Waals surface area contributed by atoms with Gasteiger partial charge in [-0.3, -0.25) is 9.78 Å². The van der Waals surface area contributed by atoms with Crippen LogP contribution in [0.1, 0.15) is 15.9 Å². The maximum absolute atomic E-state index is 12.2. The molecule has 3 rings (SSSR count). The molecule has 0 bridgehead atoms. The van der Waals surface area contributed by atoms with Crippen LogP contribution in [0.2, 0.25) is 0 Å². The molecule has 0 aliphatic carbocycles. The van der Waals surface area contributed by atoms with Crippen LogP contribution in [0.15, 0.2) is 77.4 Å². The first-order valence-electron chi connectivity index (χ1n) is 7.27. The molecule has 1 N–H and O–H groups in total. The quantitative estimate of drug-likeness (QED) is 0.741. The van der Waals surface area contributed by atoms with E-state index < -0.39 is 0 Å². The van der Waals surface area contributed by atoms with E-state index in [1.165, 1.54) is 0 Å². The van der Waals surface area contributed by atoms with Crippen molar-refractivity contribution in [3.8, 4) is 11.3 Å². The summed E-state index contributed by atoms with van der Waals surface area (Å²) in [6, 6.07) is 21.1. The van der Waals surface area contributed by atoms with Crippen molar-refractivity contribution in [2.45, 2.75) is 6.54 Å². The van der Waals surface area contributed by atoms with Gasteiger partial charge >= 0.3 is 0 Å². The van der Waals surface area contributed by atoms with Crippen molar-refractivity contribution in [1.29, 1.82) is 0 Å². The highest BCUT2D eigenvalue weighted by molar-refractivity contribution is 9.10. The van der Waals surface area contributed by atoms with Crippen molar-refractivity contribution < 1.29 is 4.79 Å². The van der Waals surface area contributed by atoms with E-state index in [0.29, 0.717) is 12.1 Å². The Labute approximate surface area is 143 Å². The van der Waals surface area contributed by atoms with E-state index in [1.807, 2.05) is 54.6 Å². The molecule has 1 heterocycles. The number of amides is 1. The Hall–Kier alpha value is -2.46. The van der Waals surface area contributed by atoms with Crippen LogP contribution in [-0.2, 0) is 6.54 Å². The van der Waals surface area contributed by atoms with Gasteiger partial charge in [-0.05, 0) is 35.9 Å². The summed E-state index contributed by atoms with van der Waals surface area (Å²) in [5.74, 6) is -0.0969. The molecule has 114 valence electrons. The summed E-state index contributed by atoms with van der Waals surface area (Å²) in [4.78, 5) is 16.7. The lowest BCUT2D eigenvalue weighted by Crippen LogP contribution is -2.23. The predicted molar refractivity (Wildman–Crippen MR) is 95.0 cm³/mol. The lowest BCUT2D eigenvalue weighted by atomic mass is 10.1. The number of nitrogens with one attached hydrogen (secondary N) is 1. The molecule has 0 saturated carbocycles. The first-order chi connectivity index (χ1) is 11.2. The Balaban J connectivity index is 1.76. The van der Waals surface area contributed by atoms with Crippen LogP contribution in [0.25, 0.3) is 11.3 Å². The number of carbonyl (C=O) groups is 1. The average Bonchev–Trinajstić information content (AvgIpc) is 2.61. The smallest absolute Gasteiger partial charge is 0.251 e. The van der Waals surface area contributed by atoms with Crippen LogP contribution in [0.3, 0.4) is 0 Å². The van der Waals surface area contributed by atoms with Crippen LogP contribution in [0, 0.1) is 0 Å². The molecule has 0 fully saturated rings. The van der Waals surface area contributed by atoms with Crippen molar-refractivity contribution in [2.24, 2.45) is 0 Å². The predicted octanol–water partition coefficient (Wildman–Crippen LogP) is 4.44. The fourth-order valence-corrected chi connectivity index (χ4v) is 2.58. The number of halogens is 1. The summed E-state index contributed by atoms with van der Waals surface area (Å²) in [7, 11) is 0. The van der Waals surface area contributed by atoms with Gasteiger partial charge in [0.15, 0.2) is 0 Å². The Bertz CT molecular complexity index is 801. The summed E-state index contributed by atoms with van der Waals surface area (Å²) in [6.07, 6.45) is 1.77. The van der Waals surface area contributed by atoms with Crippen molar-refractivity contribution in [3.05, 3.63) is 88.5 Å². The van der Waals surface area contributed by atoms with Crippen molar-refractivity contribution in [2.75, 3.05) is 0 Å². The molecule has 2 aromatic carbocycles. The minimum absolute atomic E-state index is 0.0969. The number of carbonyl (C=O) groups excluding carboxylic acids is 1. The van der Waals surface area contributed by atoms with Crippen molar-refractivity contribution in [1.82, 2.24) is 10.3 Å². The number of nitrogens with zero attached hydrogens (tertiary/aromatic N) is 1. The van der Waals surface area contributed by atoms with Gasteiger partial charge in [-0.1, -0.05) is 52.3 Å². The summed E-state index contributed by atoms with van der Waals surface area (Å²) in [6.45, 7) is 0.437. The highest BCUT2D eigenvalue weighted by Crippen LogP contribution is 2.20. The summed E-state index contributed by atoms with van der Waals surface area (Å²) < 4.78 is 0.952. The van der Waals surface area contributed by atoms with E-state index in [9.17, 15) is 4.79 Å². The molecule has 3 nitrogen and oxygen atoms in total. The van der Waals surface area contributed by atoms with E-state index in [4.69, 9.17) is 0 Å². The molecule has 1 aromatic heterocycles. The molecule has 0 aliphatic rings. The number of hydrogen-bond acceptors (Lipinski definition) is 2. The van der Waals surface area contributed by atoms with E-state index in [1.54, 1.807) is 18.3 Å². The van der Waals surface area contributed by atoms with Crippen molar-refractivity contribution in [3.63, 3.8) is 0 Å². The fourth-order valence-electron chi connectivity index (χ4n) is 2.32. The second-order valence-electron chi connectivity index (χ2n) is 5.07. The molecule has 3 aromatic rings. The monoisotopic (exact) mass is 366 g/mol. The van der Waals surface area contributed by atoms with Gasteiger partial charge in [0.1, 0.15) is 0 Å². The van der Waals surface area contributed by atoms with E-state index in [2.05, 4.69) is 26.2 Å². The number of benzene rings is 2. The topological polar surface area (TPSA) is 42.0 Å². The third-order valence-corrected chi connectivity index (χ3v) is 4.01. The second-order valence-corrected chi connectivity index (χ2v) is 5.98. The Morgan fingerprint density at radius 3 is 2.43 bits per heavy atom. The molecule has 0 aliphatic heterocycles. The zero-order valence-corrected chi connectivity index (χ0v) is 14.0. The Morgan fingerprint density at radius 1 is 0.957 bits per heavy atom. The van der Waals surface area contributed by atoms with Gasteiger partial charge in [-0.15, -0.1) is 0 Å². The van der Waals surface area contributed by atoms with Crippen LogP contribution in [-0.4, -0.2) is 10.9 Å². The van der Waals surface area contributed by atoms with Gasteiger partial charge in [0.2, 0.25) is 0 Å². The van der Waals surface area contributed by atoms with Crippen LogP contribution >= 0.6 is 15.9 Å². The molecular weight excluding hydrogens is 352 g/mol. The molecule has 4 heteroatoms. The van der Waals surface area contributed by atoms with Gasteiger partial charge in [0.25, 0.3) is 5.91 Å². The second kappa shape index (κ2) is 7.20. The van der Waals surface area contributed by atoms with Gasteiger partial charge in [-0.25, -0.2) is 0 Å². The first-order valence-corrected chi connectivity index (χ1v) is 8.06. The van der Waals surface area contributed by atoms with Crippen LogP contribution in [0.4, 0.5) is 0 Å². The zero-order valence-electron chi connectivity index (χ0n) is 12.4. The van der Waals surface area contributed by atoms with Crippen molar-refractivity contribution >= 4 is 21.8 Å². The van der Waals surface area contributed by atoms with Gasteiger partial charge in [-0.2, -0.15) is 0 Å². The summed E-state index contributed by atoms with van der Waals surface area (Å²) in [5, 5.41) is 2.95. The molecule has 0 saturated heterocycles. The largest absolute Gasteiger partial charge is 0.348 e. The maximum Gasteiger partial charge on any atom is 0.251 e. The fraction of sp³-hybridized carbons (Fsp3) is 0.0526. The average molecular weight is 367 g/mol. The molecule has 0 spiro atoms. The standard InChI is InChI=1S/C19H15BrN2O/c20-17-10-8-15(9-11-17)19(23)22-13-16-7-4-12-21-18(16)14-5-2-1-3-6-14/h1-12H,13H2,(H,22,23). The number of pyridine rings is 1. The molecule has 1 amide bonds. The van der Waals surface area contributed by atoms with Crippen LogP contribution < -0.4 is 5.32 Å². The summed E-state index contributed by atoms with van der Waals surface area (Å²) >= 11 is 3.37. The summed E-state index contributed by atoms with van der Waals surface area (Å²) in [5.41, 5.74) is 3.56. The normalized spacial score (nSPS) is 10.3. The maximum atomic E-state index is 12.2. The third-order valence-electron chi connectivity index (χ3n) is 3.48. The minimum Gasteiger partial charge on any atom is -0.348 e. The number of rotatable bonds is 4. The molecule has 0 unspecified atom stereocenters. The van der Waals surface area contributed by atoms with E-state index in [-0.39, 0.29) is 5.91 Å². The third kappa shape index (κ3) is 3.85. The lowest BCUT2D eigenvalue weighted by Gasteiger charge is -2.10. The molecule has 0 atom stereocenters. The molecule has 0 radical (unpaired) electrons. The highest BCUT2D eigenvalue weighted by Gasteiger charge is 2.09. The Morgan fingerprint density at radius 2 is 1.70 bits per heavy atom. The SMILES string of the molecule is O=C(NCc1cccnc1-c1ccccc1)c1ccc(Br)cc1. The first kappa shape index (κ1) is 15.4. The van der Waals surface area contributed by atoms with E-state index in [0.717, 1.165) is 21.3 Å². The number of aromatic nitrogens is 1.